The molecule has 1 aromatic carbocycles. The fraction of sp³-hybridized carbons (Fsp3) is 0.500. The molecule has 7 nitrogen and oxygen atoms in total. The van der Waals surface area contributed by atoms with Gasteiger partial charge in [-0.25, -0.2) is 4.99 Å². The van der Waals surface area contributed by atoms with E-state index >= 15 is 0 Å². The van der Waals surface area contributed by atoms with Crippen LogP contribution in [-0.2, 0) is 13.6 Å². The first kappa shape index (κ1) is 20.6. The third kappa shape index (κ3) is 5.91. The summed E-state index contributed by atoms with van der Waals surface area (Å²) in [6.07, 6.45) is -0.0101. The van der Waals surface area contributed by atoms with Gasteiger partial charge in [-0.3, -0.25) is 4.68 Å². The van der Waals surface area contributed by atoms with Crippen LogP contribution < -0.4 is 20.1 Å². The number of nitrogens with one attached hydrogen (secondary N) is 2. The van der Waals surface area contributed by atoms with Gasteiger partial charge in [-0.15, -0.1) is 0 Å². The summed E-state index contributed by atoms with van der Waals surface area (Å²) in [6.45, 7) is 10.2. The Bertz CT molecular complexity index is 752. The highest BCUT2D eigenvalue weighted by atomic mass is 16.5. The number of aromatic nitrogens is 2. The van der Waals surface area contributed by atoms with E-state index in [1.165, 1.54) is 0 Å². The third-order valence-electron chi connectivity index (χ3n) is 4.35. The van der Waals surface area contributed by atoms with Crippen molar-refractivity contribution >= 4 is 5.96 Å². The Morgan fingerprint density at radius 3 is 2.41 bits per heavy atom. The second kappa shape index (κ2) is 9.85. The molecule has 0 saturated carbocycles. The molecule has 0 fully saturated rings. The van der Waals surface area contributed by atoms with Gasteiger partial charge in [-0.1, -0.05) is 0 Å². The van der Waals surface area contributed by atoms with Crippen LogP contribution in [0.2, 0.25) is 0 Å². The molecule has 0 aliphatic rings. The Labute approximate surface area is 161 Å². The average molecular weight is 374 g/mol. The lowest BCUT2D eigenvalue weighted by Crippen LogP contribution is -2.41. The Balaban J connectivity index is 1.92. The van der Waals surface area contributed by atoms with Gasteiger partial charge in [0.05, 0.1) is 25.9 Å². The Morgan fingerprint density at radius 2 is 1.85 bits per heavy atom. The molecule has 2 rings (SSSR count). The van der Waals surface area contributed by atoms with E-state index in [0.717, 1.165) is 41.0 Å². The van der Waals surface area contributed by atoms with Crippen LogP contribution in [0.4, 0.5) is 0 Å². The first-order chi connectivity index (χ1) is 12.9. The van der Waals surface area contributed by atoms with Crippen molar-refractivity contribution in [1.82, 2.24) is 20.4 Å². The molecule has 1 unspecified atom stereocenters. The van der Waals surface area contributed by atoms with Gasteiger partial charge < -0.3 is 20.1 Å². The summed E-state index contributed by atoms with van der Waals surface area (Å²) in [4.78, 5) is 4.69. The van der Waals surface area contributed by atoms with E-state index in [9.17, 15) is 0 Å². The number of hydrogen-bond acceptors (Lipinski definition) is 4. The fourth-order valence-corrected chi connectivity index (χ4v) is 2.71. The molecular weight excluding hydrogens is 342 g/mol. The molecule has 27 heavy (non-hydrogen) atoms. The van der Waals surface area contributed by atoms with E-state index in [-0.39, 0.29) is 6.10 Å². The van der Waals surface area contributed by atoms with Crippen LogP contribution >= 0.6 is 0 Å². The molecule has 7 heteroatoms. The molecule has 2 N–H and O–H groups in total. The summed E-state index contributed by atoms with van der Waals surface area (Å²) in [5.41, 5.74) is 3.33. The summed E-state index contributed by atoms with van der Waals surface area (Å²) in [5, 5.41) is 11.1. The minimum absolute atomic E-state index is 0.0101. The highest BCUT2D eigenvalue weighted by Crippen LogP contribution is 2.18. The summed E-state index contributed by atoms with van der Waals surface area (Å²) in [6, 6.07) is 7.59. The first-order valence-corrected chi connectivity index (χ1v) is 9.26. The van der Waals surface area contributed by atoms with Crippen LogP contribution in [0.5, 0.6) is 11.5 Å². The molecule has 0 aliphatic heterocycles. The van der Waals surface area contributed by atoms with Crippen molar-refractivity contribution in [3.8, 4) is 11.5 Å². The Hall–Kier alpha value is -2.70. The zero-order chi connectivity index (χ0) is 19.8. The van der Waals surface area contributed by atoms with Crippen molar-refractivity contribution in [3.05, 3.63) is 41.2 Å². The van der Waals surface area contributed by atoms with E-state index in [4.69, 9.17) is 9.47 Å². The Morgan fingerprint density at radius 1 is 1.19 bits per heavy atom. The van der Waals surface area contributed by atoms with Crippen LogP contribution in [0.3, 0.4) is 0 Å². The van der Waals surface area contributed by atoms with Gasteiger partial charge in [-0.2, -0.15) is 5.10 Å². The van der Waals surface area contributed by atoms with Gasteiger partial charge in [-0.05, 0) is 52.0 Å². The topological polar surface area (TPSA) is 72.7 Å². The van der Waals surface area contributed by atoms with Gasteiger partial charge in [0.2, 0.25) is 0 Å². The van der Waals surface area contributed by atoms with Crippen molar-refractivity contribution in [3.63, 3.8) is 0 Å². The number of benzene rings is 1. The second-order valence-corrected chi connectivity index (χ2v) is 6.45. The van der Waals surface area contributed by atoms with Crippen molar-refractivity contribution in [1.29, 1.82) is 0 Å². The molecule has 148 valence electrons. The predicted molar refractivity (Wildman–Crippen MR) is 109 cm³/mol. The highest BCUT2D eigenvalue weighted by Gasteiger charge is 2.10. The maximum atomic E-state index is 5.93. The fourth-order valence-electron chi connectivity index (χ4n) is 2.71. The number of aryl methyl sites for hydroxylation is 2. The van der Waals surface area contributed by atoms with E-state index in [2.05, 4.69) is 34.6 Å². The first-order valence-electron chi connectivity index (χ1n) is 9.26. The summed E-state index contributed by atoms with van der Waals surface area (Å²) in [7, 11) is 3.61. The van der Waals surface area contributed by atoms with Crippen molar-refractivity contribution in [2.24, 2.45) is 12.0 Å². The van der Waals surface area contributed by atoms with Crippen LogP contribution in [0.1, 0.15) is 30.8 Å². The molecule has 0 aliphatic carbocycles. The molecular formula is C20H31N5O2. The summed E-state index contributed by atoms with van der Waals surface area (Å²) in [5.74, 6) is 2.40. The maximum Gasteiger partial charge on any atom is 0.191 e. The molecule has 0 radical (unpaired) electrons. The Kier molecular flexibility index (Phi) is 7.52. The van der Waals surface area contributed by atoms with E-state index in [0.29, 0.717) is 13.1 Å². The average Bonchev–Trinajstić information content (AvgIpc) is 2.90. The standard InChI is InChI=1S/C20H31N5O2/c1-7-21-20(23-13-19-15(3)24-25(5)16(19)4)22-12-14(2)27-18-10-8-17(26-6)9-11-18/h8-11,14H,7,12-13H2,1-6H3,(H2,21,22,23). The summed E-state index contributed by atoms with van der Waals surface area (Å²) >= 11 is 0. The van der Waals surface area contributed by atoms with Gasteiger partial charge in [0.15, 0.2) is 5.96 Å². The van der Waals surface area contributed by atoms with Gasteiger partial charge in [0.1, 0.15) is 17.6 Å². The lowest BCUT2D eigenvalue weighted by Gasteiger charge is -2.18. The molecule has 1 aromatic heterocycles. The van der Waals surface area contributed by atoms with Crippen molar-refractivity contribution < 1.29 is 9.47 Å². The van der Waals surface area contributed by atoms with Crippen LogP contribution in [0, 0.1) is 13.8 Å². The summed E-state index contributed by atoms with van der Waals surface area (Å²) < 4.78 is 13.0. The van der Waals surface area contributed by atoms with Crippen molar-refractivity contribution in [2.45, 2.75) is 40.3 Å². The molecule has 0 saturated heterocycles. The van der Waals surface area contributed by atoms with Crippen molar-refractivity contribution in [2.75, 3.05) is 20.2 Å². The zero-order valence-corrected chi connectivity index (χ0v) is 17.2. The third-order valence-corrected chi connectivity index (χ3v) is 4.35. The monoisotopic (exact) mass is 373 g/mol. The highest BCUT2D eigenvalue weighted by molar-refractivity contribution is 5.79. The lowest BCUT2D eigenvalue weighted by atomic mass is 10.2. The van der Waals surface area contributed by atoms with Crippen LogP contribution in [-0.4, -0.2) is 42.0 Å². The molecule has 1 atom stereocenters. The minimum atomic E-state index is -0.0101. The van der Waals surface area contributed by atoms with E-state index in [1.807, 2.05) is 49.8 Å². The molecule has 1 heterocycles. The molecule has 2 aromatic rings. The second-order valence-electron chi connectivity index (χ2n) is 6.45. The number of aliphatic imine (C=N–C) groups is 1. The number of nitrogens with zero attached hydrogens (tertiary/aromatic N) is 3. The lowest BCUT2D eigenvalue weighted by molar-refractivity contribution is 0.223. The normalized spacial score (nSPS) is 12.6. The number of rotatable bonds is 8. The van der Waals surface area contributed by atoms with Gasteiger partial charge in [0.25, 0.3) is 0 Å². The van der Waals surface area contributed by atoms with E-state index < -0.39 is 0 Å². The van der Waals surface area contributed by atoms with Gasteiger partial charge in [0, 0.05) is 24.8 Å². The quantitative estimate of drug-likeness (QED) is 0.550. The largest absolute Gasteiger partial charge is 0.497 e. The zero-order valence-electron chi connectivity index (χ0n) is 17.2. The number of guanidine groups is 1. The maximum absolute atomic E-state index is 5.93. The smallest absolute Gasteiger partial charge is 0.191 e. The van der Waals surface area contributed by atoms with Crippen LogP contribution in [0.15, 0.2) is 29.3 Å². The predicted octanol–water partition coefficient (Wildman–Crippen LogP) is 2.57. The van der Waals surface area contributed by atoms with Crippen LogP contribution in [0.25, 0.3) is 0 Å². The molecule has 0 amide bonds. The molecule has 0 bridgehead atoms. The molecule has 0 spiro atoms. The van der Waals surface area contributed by atoms with E-state index in [1.54, 1.807) is 7.11 Å². The number of methoxy groups -OCH3 is 1. The minimum Gasteiger partial charge on any atom is -0.497 e. The SMILES string of the molecule is CCNC(=NCc1c(C)nn(C)c1C)NCC(C)Oc1ccc(OC)cc1. The number of hydrogen-bond donors (Lipinski definition) is 2. The number of ether oxygens (including phenoxy) is 2. The van der Waals surface area contributed by atoms with Gasteiger partial charge >= 0.3 is 0 Å².